The van der Waals surface area contributed by atoms with E-state index < -0.39 is 0 Å². The molecule has 0 saturated carbocycles. The average Bonchev–Trinajstić information content (AvgIpc) is 2.34. The minimum Gasteiger partial charge on any atom is -0.508 e. The van der Waals surface area contributed by atoms with Crippen molar-refractivity contribution in [3.63, 3.8) is 0 Å². The maximum Gasteiger partial charge on any atom is 0.238 e. The summed E-state index contributed by atoms with van der Waals surface area (Å²) in [5.41, 5.74) is 1.62. The van der Waals surface area contributed by atoms with Crippen LogP contribution in [0.3, 0.4) is 0 Å². The SMILES string of the molecule is Cc1cc(O)ccc1NC(=O)CN1CCNCC1. The molecule has 1 aliphatic heterocycles. The number of anilines is 1. The molecule has 0 aromatic heterocycles. The Labute approximate surface area is 107 Å². The second kappa shape index (κ2) is 5.84. The maximum absolute atomic E-state index is 11.9. The second-order valence-electron chi connectivity index (χ2n) is 4.57. The highest BCUT2D eigenvalue weighted by Gasteiger charge is 2.13. The van der Waals surface area contributed by atoms with Crippen LogP contribution in [-0.2, 0) is 4.79 Å². The first-order valence-electron chi connectivity index (χ1n) is 6.18. The number of benzene rings is 1. The first kappa shape index (κ1) is 12.9. The predicted octanol–water partition coefficient (Wildman–Crippen LogP) is 0.544. The molecule has 0 unspecified atom stereocenters. The maximum atomic E-state index is 11.9. The average molecular weight is 249 g/mol. The van der Waals surface area contributed by atoms with Crippen LogP contribution in [0.25, 0.3) is 0 Å². The molecule has 1 aliphatic rings. The van der Waals surface area contributed by atoms with Gasteiger partial charge in [-0.3, -0.25) is 9.69 Å². The summed E-state index contributed by atoms with van der Waals surface area (Å²) in [5.74, 6) is 0.207. The van der Waals surface area contributed by atoms with Gasteiger partial charge in [-0.2, -0.15) is 0 Å². The van der Waals surface area contributed by atoms with Gasteiger partial charge in [-0.05, 0) is 30.7 Å². The van der Waals surface area contributed by atoms with Gasteiger partial charge in [-0.1, -0.05) is 0 Å². The first-order valence-corrected chi connectivity index (χ1v) is 6.18. The minimum atomic E-state index is -0.00862. The molecule has 1 aromatic carbocycles. The molecular weight excluding hydrogens is 230 g/mol. The Bertz CT molecular complexity index is 428. The van der Waals surface area contributed by atoms with Gasteiger partial charge in [0.05, 0.1) is 6.54 Å². The van der Waals surface area contributed by atoms with Gasteiger partial charge >= 0.3 is 0 Å². The molecule has 0 aliphatic carbocycles. The molecule has 1 amide bonds. The summed E-state index contributed by atoms with van der Waals surface area (Å²) < 4.78 is 0. The topological polar surface area (TPSA) is 64.6 Å². The first-order chi connectivity index (χ1) is 8.65. The summed E-state index contributed by atoms with van der Waals surface area (Å²) in [6.45, 7) is 5.96. The molecular formula is C13H19N3O2. The number of piperazine rings is 1. The number of carbonyl (C=O) groups is 1. The van der Waals surface area contributed by atoms with E-state index in [1.54, 1.807) is 18.2 Å². The van der Waals surface area contributed by atoms with Crippen LogP contribution in [-0.4, -0.2) is 48.6 Å². The van der Waals surface area contributed by atoms with Crippen LogP contribution in [0.4, 0.5) is 5.69 Å². The van der Waals surface area contributed by atoms with Crippen molar-refractivity contribution in [2.24, 2.45) is 0 Å². The van der Waals surface area contributed by atoms with Gasteiger partial charge < -0.3 is 15.7 Å². The van der Waals surface area contributed by atoms with Crippen LogP contribution in [0.1, 0.15) is 5.56 Å². The lowest BCUT2D eigenvalue weighted by Crippen LogP contribution is -2.46. The van der Waals surface area contributed by atoms with Gasteiger partial charge in [0.15, 0.2) is 0 Å². The fourth-order valence-electron chi connectivity index (χ4n) is 2.05. The molecule has 1 heterocycles. The van der Waals surface area contributed by atoms with E-state index in [0.717, 1.165) is 37.4 Å². The number of nitrogens with one attached hydrogen (secondary N) is 2. The van der Waals surface area contributed by atoms with E-state index in [1.807, 2.05) is 6.92 Å². The summed E-state index contributed by atoms with van der Waals surface area (Å²) in [4.78, 5) is 14.0. The molecule has 3 N–H and O–H groups in total. The number of nitrogens with zero attached hydrogens (tertiary/aromatic N) is 1. The Morgan fingerprint density at radius 1 is 1.44 bits per heavy atom. The van der Waals surface area contributed by atoms with Gasteiger partial charge in [0, 0.05) is 31.9 Å². The van der Waals surface area contributed by atoms with Crippen molar-refractivity contribution < 1.29 is 9.90 Å². The zero-order chi connectivity index (χ0) is 13.0. The molecule has 1 saturated heterocycles. The van der Waals surface area contributed by atoms with Crippen LogP contribution in [0.15, 0.2) is 18.2 Å². The quantitative estimate of drug-likeness (QED) is 0.684. The van der Waals surface area contributed by atoms with Crippen molar-refractivity contribution in [3.05, 3.63) is 23.8 Å². The Morgan fingerprint density at radius 2 is 2.17 bits per heavy atom. The molecule has 98 valence electrons. The Balaban J connectivity index is 1.90. The van der Waals surface area contributed by atoms with E-state index in [4.69, 9.17) is 0 Å². The fourth-order valence-corrected chi connectivity index (χ4v) is 2.05. The highest BCUT2D eigenvalue weighted by atomic mass is 16.3. The molecule has 1 aromatic rings. The number of amides is 1. The van der Waals surface area contributed by atoms with Crippen LogP contribution >= 0.6 is 0 Å². The van der Waals surface area contributed by atoms with E-state index in [2.05, 4.69) is 15.5 Å². The molecule has 0 atom stereocenters. The highest BCUT2D eigenvalue weighted by molar-refractivity contribution is 5.93. The lowest BCUT2D eigenvalue weighted by molar-refractivity contribution is -0.117. The molecule has 5 heteroatoms. The van der Waals surface area contributed by atoms with Crippen molar-refractivity contribution >= 4 is 11.6 Å². The fraction of sp³-hybridized carbons (Fsp3) is 0.462. The van der Waals surface area contributed by atoms with Crippen molar-refractivity contribution in [2.45, 2.75) is 6.92 Å². The summed E-state index contributed by atoms with van der Waals surface area (Å²) in [6.07, 6.45) is 0. The lowest BCUT2D eigenvalue weighted by atomic mass is 10.2. The van der Waals surface area contributed by atoms with Crippen molar-refractivity contribution in [2.75, 3.05) is 38.0 Å². The number of phenolic OH excluding ortho intramolecular Hbond substituents is 1. The van der Waals surface area contributed by atoms with E-state index in [9.17, 15) is 9.90 Å². The lowest BCUT2D eigenvalue weighted by Gasteiger charge is -2.26. The molecule has 0 radical (unpaired) electrons. The second-order valence-corrected chi connectivity index (χ2v) is 4.57. The van der Waals surface area contributed by atoms with Gasteiger partial charge in [-0.15, -0.1) is 0 Å². The van der Waals surface area contributed by atoms with Crippen LogP contribution in [0.2, 0.25) is 0 Å². The number of aryl methyl sites for hydroxylation is 1. The minimum absolute atomic E-state index is 0.00862. The largest absolute Gasteiger partial charge is 0.508 e. The van der Waals surface area contributed by atoms with Gasteiger partial charge in [0.2, 0.25) is 5.91 Å². The van der Waals surface area contributed by atoms with Crippen LogP contribution in [0, 0.1) is 6.92 Å². The molecule has 2 rings (SSSR count). The van der Waals surface area contributed by atoms with E-state index in [1.165, 1.54) is 0 Å². The third-order valence-corrected chi connectivity index (χ3v) is 3.06. The number of phenols is 1. The normalized spacial score (nSPS) is 16.5. The zero-order valence-corrected chi connectivity index (χ0v) is 10.6. The molecule has 5 nitrogen and oxygen atoms in total. The number of hydrogen-bond donors (Lipinski definition) is 3. The Kier molecular flexibility index (Phi) is 4.17. The Hall–Kier alpha value is -1.59. The number of rotatable bonds is 3. The van der Waals surface area contributed by atoms with Crippen molar-refractivity contribution in [1.29, 1.82) is 0 Å². The summed E-state index contributed by atoms with van der Waals surface area (Å²) in [7, 11) is 0. The van der Waals surface area contributed by atoms with Gasteiger partial charge in [0.25, 0.3) is 0 Å². The highest BCUT2D eigenvalue weighted by Crippen LogP contribution is 2.19. The molecule has 0 bridgehead atoms. The monoisotopic (exact) mass is 249 g/mol. The van der Waals surface area contributed by atoms with Crippen LogP contribution in [0.5, 0.6) is 5.75 Å². The Morgan fingerprint density at radius 3 is 2.83 bits per heavy atom. The smallest absolute Gasteiger partial charge is 0.238 e. The van der Waals surface area contributed by atoms with Gasteiger partial charge in [-0.25, -0.2) is 0 Å². The standard InChI is InChI=1S/C13H19N3O2/c1-10-8-11(17)2-3-12(10)15-13(18)9-16-6-4-14-5-7-16/h2-3,8,14,17H,4-7,9H2,1H3,(H,15,18). The number of carbonyl (C=O) groups excluding carboxylic acids is 1. The summed E-state index contributed by atoms with van der Waals surface area (Å²) in [5, 5.41) is 15.4. The third kappa shape index (κ3) is 3.45. The molecule has 1 fully saturated rings. The van der Waals surface area contributed by atoms with Crippen molar-refractivity contribution in [3.8, 4) is 5.75 Å². The number of aromatic hydroxyl groups is 1. The van der Waals surface area contributed by atoms with E-state index in [-0.39, 0.29) is 11.7 Å². The van der Waals surface area contributed by atoms with E-state index >= 15 is 0 Å². The predicted molar refractivity (Wildman–Crippen MR) is 70.8 cm³/mol. The van der Waals surface area contributed by atoms with Crippen molar-refractivity contribution in [1.82, 2.24) is 10.2 Å². The van der Waals surface area contributed by atoms with Gasteiger partial charge in [0.1, 0.15) is 5.75 Å². The zero-order valence-electron chi connectivity index (χ0n) is 10.6. The van der Waals surface area contributed by atoms with Crippen LogP contribution < -0.4 is 10.6 Å². The number of hydrogen-bond acceptors (Lipinski definition) is 4. The molecule has 18 heavy (non-hydrogen) atoms. The van der Waals surface area contributed by atoms with E-state index in [0.29, 0.717) is 6.54 Å². The summed E-state index contributed by atoms with van der Waals surface area (Å²) in [6, 6.07) is 4.94. The molecule has 0 spiro atoms. The summed E-state index contributed by atoms with van der Waals surface area (Å²) >= 11 is 0. The third-order valence-electron chi connectivity index (χ3n) is 3.06.